The first kappa shape index (κ1) is 19.8. The van der Waals surface area contributed by atoms with Gasteiger partial charge in [0.1, 0.15) is 17.9 Å². The molecule has 1 amide bonds. The van der Waals surface area contributed by atoms with Gasteiger partial charge in [-0.25, -0.2) is 4.98 Å². The number of pyridine rings is 1. The fraction of sp³-hybridized carbons (Fsp3) is 0.143. The van der Waals surface area contributed by atoms with E-state index in [1.54, 1.807) is 12.1 Å². The molecule has 0 spiro atoms. The molecule has 8 nitrogen and oxygen atoms in total. The second-order valence-corrected chi connectivity index (χ2v) is 6.16. The first-order chi connectivity index (χ1) is 14.0. The molecule has 0 saturated heterocycles. The van der Waals surface area contributed by atoms with E-state index in [2.05, 4.69) is 10.3 Å². The van der Waals surface area contributed by atoms with Crippen molar-refractivity contribution in [3.63, 3.8) is 0 Å². The van der Waals surface area contributed by atoms with Crippen LogP contribution in [0.25, 0.3) is 0 Å². The molecule has 3 aromatic rings. The first-order valence-corrected chi connectivity index (χ1v) is 8.75. The number of amides is 1. The molecule has 0 radical (unpaired) electrons. The van der Waals surface area contributed by atoms with Gasteiger partial charge in [-0.1, -0.05) is 24.3 Å². The fourth-order valence-electron chi connectivity index (χ4n) is 2.69. The van der Waals surface area contributed by atoms with Crippen LogP contribution in [-0.2, 0) is 6.61 Å². The van der Waals surface area contributed by atoms with Gasteiger partial charge in [-0.2, -0.15) is 0 Å². The van der Waals surface area contributed by atoms with Crippen LogP contribution in [0.15, 0.2) is 60.8 Å². The molecule has 0 aliphatic rings. The molecule has 3 rings (SSSR count). The summed E-state index contributed by atoms with van der Waals surface area (Å²) in [6.45, 7) is 2.27. The lowest BCUT2D eigenvalue weighted by Gasteiger charge is -2.13. The Balaban J connectivity index is 1.83. The summed E-state index contributed by atoms with van der Waals surface area (Å²) in [6, 6.07) is 15.1. The van der Waals surface area contributed by atoms with E-state index in [0.717, 1.165) is 11.1 Å². The summed E-state index contributed by atoms with van der Waals surface area (Å²) in [5.74, 6) is 0.172. The van der Waals surface area contributed by atoms with Crippen LogP contribution in [0.1, 0.15) is 21.5 Å². The predicted molar refractivity (Wildman–Crippen MR) is 107 cm³/mol. The lowest BCUT2D eigenvalue weighted by molar-refractivity contribution is -0.385. The third-order valence-electron chi connectivity index (χ3n) is 4.29. The zero-order valence-corrected chi connectivity index (χ0v) is 15.9. The molecule has 148 valence electrons. The third kappa shape index (κ3) is 4.67. The number of nitrogens with zero attached hydrogens (tertiary/aromatic N) is 2. The molecule has 2 aromatic carbocycles. The fourth-order valence-corrected chi connectivity index (χ4v) is 2.69. The number of methoxy groups -OCH3 is 1. The van der Waals surface area contributed by atoms with Crippen LogP contribution in [0, 0.1) is 17.0 Å². The van der Waals surface area contributed by atoms with E-state index in [9.17, 15) is 14.9 Å². The van der Waals surface area contributed by atoms with Gasteiger partial charge in [-0.05, 0) is 42.3 Å². The average Bonchev–Trinajstić information content (AvgIpc) is 2.73. The van der Waals surface area contributed by atoms with Gasteiger partial charge in [0.25, 0.3) is 11.6 Å². The standard InChI is InChI=1S/C21H19N3O5/c1-14-6-3-4-7-15(14)13-29-19-8-5-11-22-20(19)23-21(25)17-12-16(28-2)9-10-18(17)24(26)27/h3-12H,13H2,1-2H3,(H,22,23,25). The van der Waals surface area contributed by atoms with Gasteiger partial charge in [-0.3, -0.25) is 14.9 Å². The zero-order valence-electron chi connectivity index (χ0n) is 15.9. The van der Waals surface area contributed by atoms with E-state index in [0.29, 0.717) is 18.1 Å². The second kappa shape index (κ2) is 8.83. The van der Waals surface area contributed by atoms with Gasteiger partial charge in [0.15, 0.2) is 11.6 Å². The zero-order chi connectivity index (χ0) is 20.8. The third-order valence-corrected chi connectivity index (χ3v) is 4.29. The Morgan fingerprint density at radius 3 is 2.69 bits per heavy atom. The van der Waals surface area contributed by atoms with Crippen LogP contribution in [0.5, 0.6) is 11.5 Å². The number of anilines is 1. The summed E-state index contributed by atoms with van der Waals surface area (Å²) in [5, 5.41) is 13.9. The second-order valence-electron chi connectivity index (χ2n) is 6.16. The molecule has 0 unspecified atom stereocenters. The molecule has 0 aliphatic heterocycles. The molecule has 0 fully saturated rings. The topological polar surface area (TPSA) is 104 Å². The minimum absolute atomic E-state index is 0.134. The van der Waals surface area contributed by atoms with Gasteiger partial charge in [0, 0.05) is 12.3 Å². The number of nitro groups is 1. The van der Waals surface area contributed by atoms with Gasteiger partial charge in [0.05, 0.1) is 12.0 Å². The minimum atomic E-state index is -0.685. The number of rotatable bonds is 7. The Bertz CT molecular complexity index is 1050. The molecule has 29 heavy (non-hydrogen) atoms. The summed E-state index contributed by atoms with van der Waals surface area (Å²) in [6.07, 6.45) is 1.50. The van der Waals surface area contributed by atoms with Crippen molar-refractivity contribution in [3.8, 4) is 11.5 Å². The van der Waals surface area contributed by atoms with Crippen LogP contribution in [0.2, 0.25) is 0 Å². The smallest absolute Gasteiger partial charge is 0.282 e. The lowest BCUT2D eigenvalue weighted by atomic mass is 10.1. The number of carbonyl (C=O) groups excluding carboxylic acids is 1. The summed E-state index contributed by atoms with van der Waals surface area (Å²) in [7, 11) is 1.42. The van der Waals surface area contributed by atoms with Crippen LogP contribution in [-0.4, -0.2) is 22.9 Å². The van der Waals surface area contributed by atoms with E-state index in [-0.39, 0.29) is 17.1 Å². The number of carbonyl (C=O) groups is 1. The van der Waals surface area contributed by atoms with Gasteiger partial charge in [0.2, 0.25) is 0 Å². The monoisotopic (exact) mass is 393 g/mol. The van der Waals surface area contributed by atoms with Crippen LogP contribution >= 0.6 is 0 Å². The molecule has 0 bridgehead atoms. The highest BCUT2D eigenvalue weighted by Crippen LogP contribution is 2.27. The van der Waals surface area contributed by atoms with Crippen molar-refractivity contribution in [1.29, 1.82) is 0 Å². The Morgan fingerprint density at radius 1 is 1.17 bits per heavy atom. The number of aryl methyl sites for hydroxylation is 1. The first-order valence-electron chi connectivity index (χ1n) is 8.75. The number of ether oxygens (including phenoxy) is 2. The van der Waals surface area contributed by atoms with Crippen molar-refractivity contribution in [1.82, 2.24) is 4.98 Å². The van der Waals surface area contributed by atoms with E-state index >= 15 is 0 Å². The number of nitrogens with one attached hydrogen (secondary N) is 1. The van der Waals surface area contributed by atoms with Crippen molar-refractivity contribution < 1.29 is 19.2 Å². The highest BCUT2D eigenvalue weighted by Gasteiger charge is 2.22. The quantitative estimate of drug-likeness (QED) is 0.478. The van der Waals surface area contributed by atoms with Crippen molar-refractivity contribution in [2.45, 2.75) is 13.5 Å². The Morgan fingerprint density at radius 2 is 1.97 bits per heavy atom. The van der Waals surface area contributed by atoms with E-state index in [1.165, 1.54) is 31.5 Å². The molecule has 8 heteroatoms. The van der Waals surface area contributed by atoms with E-state index < -0.39 is 10.8 Å². The van der Waals surface area contributed by atoms with Gasteiger partial charge in [-0.15, -0.1) is 0 Å². The average molecular weight is 393 g/mol. The summed E-state index contributed by atoms with van der Waals surface area (Å²) >= 11 is 0. The molecule has 1 N–H and O–H groups in total. The maximum absolute atomic E-state index is 12.7. The SMILES string of the molecule is COc1ccc([N+](=O)[O-])c(C(=O)Nc2ncccc2OCc2ccccc2C)c1. The van der Waals surface area contributed by atoms with Crippen LogP contribution < -0.4 is 14.8 Å². The molecule has 0 saturated carbocycles. The van der Waals surface area contributed by atoms with E-state index in [1.807, 2.05) is 31.2 Å². The molecule has 0 atom stereocenters. The number of aromatic nitrogens is 1. The summed E-state index contributed by atoms with van der Waals surface area (Å²) in [5.41, 5.74) is 1.61. The molecule has 1 aromatic heterocycles. The highest BCUT2D eigenvalue weighted by atomic mass is 16.6. The van der Waals surface area contributed by atoms with Crippen LogP contribution in [0.4, 0.5) is 11.5 Å². The Labute approximate surface area is 167 Å². The maximum atomic E-state index is 12.7. The minimum Gasteiger partial charge on any atom is -0.497 e. The van der Waals surface area contributed by atoms with E-state index in [4.69, 9.17) is 9.47 Å². The maximum Gasteiger partial charge on any atom is 0.282 e. The Kier molecular flexibility index (Phi) is 6.03. The molecular weight excluding hydrogens is 374 g/mol. The lowest BCUT2D eigenvalue weighted by Crippen LogP contribution is -2.16. The molecular formula is C21H19N3O5. The highest BCUT2D eigenvalue weighted by molar-refractivity contribution is 6.07. The number of hydrogen-bond acceptors (Lipinski definition) is 6. The largest absolute Gasteiger partial charge is 0.497 e. The molecule has 1 heterocycles. The normalized spacial score (nSPS) is 10.3. The van der Waals surface area contributed by atoms with Gasteiger partial charge >= 0.3 is 0 Å². The number of hydrogen-bond donors (Lipinski definition) is 1. The van der Waals surface area contributed by atoms with Crippen LogP contribution in [0.3, 0.4) is 0 Å². The molecule has 0 aliphatic carbocycles. The van der Waals surface area contributed by atoms with Crippen molar-refractivity contribution >= 4 is 17.4 Å². The van der Waals surface area contributed by atoms with Crippen molar-refractivity contribution in [2.75, 3.05) is 12.4 Å². The predicted octanol–water partition coefficient (Wildman–Crippen LogP) is 4.14. The number of benzene rings is 2. The van der Waals surface area contributed by atoms with Crippen molar-refractivity contribution in [2.24, 2.45) is 0 Å². The Hall–Kier alpha value is -3.94. The summed E-state index contributed by atoms with van der Waals surface area (Å²) < 4.78 is 10.9. The van der Waals surface area contributed by atoms with Crippen molar-refractivity contribution in [3.05, 3.63) is 87.6 Å². The number of nitro benzene ring substituents is 1. The van der Waals surface area contributed by atoms with Gasteiger partial charge < -0.3 is 14.8 Å². The summed E-state index contributed by atoms with van der Waals surface area (Å²) in [4.78, 5) is 27.5.